The smallest absolute Gasteiger partial charge is 0.223 e. The lowest BCUT2D eigenvalue weighted by molar-refractivity contribution is -0.124. The summed E-state index contributed by atoms with van der Waals surface area (Å²) in [4.78, 5) is 14.9. The molecule has 4 nitrogen and oxygen atoms in total. The average Bonchev–Trinajstić information content (AvgIpc) is 3.01. The predicted octanol–water partition coefficient (Wildman–Crippen LogP) is 5.29. The van der Waals surface area contributed by atoms with Crippen LogP contribution >= 0.6 is 0 Å². The van der Waals surface area contributed by atoms with E-state index in [-0.39, 0.29) is 11.3 Å². The first-order valence-electron chi connectivity index (χ1n) is 11.1. The number of rotatable bonds is 5. The van der Waals surface area contributed by atoms with E-state index in [9.17, 15) is 4.79 Å². The van der Waals surface area contributed by atoms with E-state index in [0.29, 0.717) is 19.6 Å². The second kappa shape index (κ2) is 7.86. The molecule has 4 heteroatoms. The highest BCUT2D eigenvalue weighted by Gasteiger charge is 2.57. The van der Waals surface area contributed by atoms with Crippen molar-refractivity contribution < 1.29 is 9.53 Å². The Hall–Kier alpha value is -3.53. The standard InChI is InChI=1S/C28H28N2O2/c1-27(2)24-10-6-7-11-25(24)30-19-17-26(31)29-28(27,30)18-16-21-12-14-23(15-13-21)32-20-22-8-4-3-5-9-22/h3-16,18H,17,19-20H2,1-2H3,(H,29,31). The Morgan fingerprint density at radius 2 is 1.69 bits per heavy atom. The molecule has 1 saturated heterocycles. The molecule has 1 unspecified atom stereocenters. The molecule has 5 rings (SSSR count). The lowest BCUT2D eigenvalue weighted by Gasteiger charge is -2.49. The molecular formula is C28H28N2O2. The molecule has 32 heavy (non-hydrogen) atoms. The van der Waals surface area contributed by atoms with Crippen molar-refractivity contribution in [2.45, 2.75) is 38.0 Å². The Morgan fingerprint density at radius 3 is 2.47 bits per heavy atom. The maximum atomic E-state index is 12.5. The van der Waals surface area contributed by atoms with Gasteiger partial charge in [0.05, 0.1) is 0 Å². The van der Waals surface area contributed by atoms with E-state index >= 15 is 0 Å². The van der Waals surface area contributed by atoms with Crippen LogP contribution < -0.4 is 15.0 Å². The molecule has 0 aliphatic carbocycles. The summed E-state index contributed by atoms with van der Waals surface area (Å²) in [5, 5.41) is 3.32. The molecule has 2 heterocycles. The maximum Gasteiger partial charge on any atom is 0.223 e. The predicted molar refractivity (Wildman–Crippen MR) is 129 cm³/mol. The second-order valence-electron chi connectivity index (χ2n) is 9.03. The van der Waals surface area contributed by atoms with Gasteiger partial charge < -0.3 is 15.0 Å². The Balaban J connectivity index is 1.39. The Labute approximate surface area is 189 Å². The fourth-order valence-corrected chi connectivity index (χ4v) is 4.95. The molecule has 2 aliphatic heterocycles. The molecule has 3 aromatic rings. The molecular weight excluding hydrogens is 396 g/mol. The van der Waals surface area contributed by atoms with Crippen LogP contribution in [-0.2, 0) is 16.8 Å². The summed E-state index contributed by atoms with van der Waals surface area (Å²) in [6.07, 6.45) is 4.77. The SMILES string of the molecule is CC1(C)c2ccccc2N2CCC(=O)NC21C=Cc1ccc(OCc2ccccc2)cc1. The minimum absolute atomic E-state index is 0.0939. The van der Waals surface area contributed by atoms with Crippen molar-refractivity contribution in [3.05, 3.63) is 102 Å². The van der Waals surface area contributed by atoms with Gasteiger partial charge in [-0.3, -0.25) is 4.79 Å². The number of nitrogens with one attached hydrogen (secondary N) is 1. The number of benzene rings is 3. The molecule has 0 bridgehead atoms. The molecule has 2 aliphatic rings. The first-order valence-corrected chi connectivity index (χ1v) is 11.1. The van der Waals surface area contributed by atoms with E-state index in [1.165, 1.54) is 11.3 Å². The van der Waals surface area contributed by atoms with Crippen LogP contribution in [0, 0.1) is 0 Å². The number of para-hydroxylation sites is 1. The molecule has 0 radical (unpaired) electrons. The zero-order valence-corrected chi connectivity index (χ0v) is 18.5. The van der Waals surface area contributed by atoms with Crippen molar-refractivity contribution in [1.29, 1.82) is 0 Å². The fraction of sp³-hybridized carbons (Fsp3) is 0.250. The van der Waals surface area contributed by atoms with Crippen LogP contribution in [0.15, 0.2) is 84.9 Å². The summed E-state index contributed by atoms with van der Waals surface area (Å²) in [5.41, 5.74) is 3.82. The number of fused-ring (bicyclic) bond motifs is 3. The number of carbonyl (C=O) groups is 1. The summed E-state index contributed by atoms with van der Waals surface area (Å²) < 4.78 is 5.91. The summed E-state index contributed by atoms with van der Waals surface area (Å²) in [7, 11) is 0. The average molecular weight is 425 g/mol. The molecule has 1 fully saturated rings. The van der Waals surface area contributed by atoms with Crippen LogP contribution in [0.5, 0.6) is 5.75 Å². The topological polar surface area (TPSA) is 41.6 Å². The third-order valence-corrected chi connectivity index (χ3v) is 6.78. The first kappa shape index (κ1) is 20.4. The summed E-state index contributed by atoms with van der Waals surface area (Å²) in [5.74, 6) is 0.932. The Morgan fingerprint density at radius 1 is 0.969 bits per heavy atom. The fourth-order valence-electron chi connectivity index (χ4n) is 4.95. The van der Waals surface area contributed by atoms with Crippen LogP contribution in [0.1, 0.15) is 37.0 Å². The number of carbonyl (C=O) groups excluding carboxylic acids is 1. The largest absolute Gasteiger partial charge is 0.489 e. The minimum atomic E-state index is -0.589. The number of anilines is 1. The van der Waals surface area contributed by atoms with Crippen molar-refractivity contribution in [1.82, 2.24) is 5.32 Å². The van der Waals surface area contributed by atoms with Gasteiger partial charge in [0.15, 0.2) is 0 Å². The molecule has 1 N–H and O–H groups in total. The summed E-state index contributed by atoms with van der Waals surface area (Å²) in [6, 6.07) is 26.7. The summed E-state index contributed by atoms with van der Waals surface area (Å²) >= 11 is 0. The lowest BCUT2D eigenvalue weighted by atomic mass is 9.74. The highest BCUT2D eigenvalue weighted by molar-refractivity contribution is 5.84. The molecule has 1 atom stereocenters. The number of amides is 1. The number of hydrogen-bond acceptors (Lipinski definition) is 3. The van der Waals surface area contributed by atoms with Gasteiger partial charge in [-0.05, 0) is 41.0 Å². The minimum Gasteiger partial charge on any atom is -0.489 e. The van der Waals surface area contributed by atoms with Gasteiger partial charge in [0.25, 0.3) is 0 Å². The van der Waals surface area contributed by atoms with Crippen LogP contribution in [0.4, 0.5) is 5.69 Å². The van der Waals surface area contributed by atoms with E-state index in [4.69, 9.17) is 4.74 Å². The van der Waals surface area contributed by atoms with Gasteiger partial charge in [-0.2, -0.15) is 0 Å². The van der Waals surface area contributed by atoms with E-state index in [0.717, 1.165) is 16.9 Å². The number of hydrogen-bond donors (Lipinski definition) is 1. The van der Waals surface area contributed by atoms with Gasteiger partial charge in [0.1, 0.15) is 18.0 Å². The summed E-state index contributed by atoms with van der Waals surface area (Å²) in [6.45, 7) is 5.68. The van der Waals surface area contributed by atoms with Crippen molar-refractivity contribution in [3.8, 4) is 5.75 Å². The zero-order chi connectivity index (χ0) is 22.2. The highest BCUT2D eigenvalue weighted by Crippen LogP contribution is 2.52. The van der Waals surface area contributed by atoms with Crippen LogP contribution in [-0.4, -0.2) is 18.1 Å². The van der Waals surface area contributed by atoms with Gasteiger partial charge in [-0.1, -0.05) is 80.6 Å². The van der Waals surface area contributed by atoms with Crippen molar-refractivity contribution in [2.75, 3.05) is 11.4 Å². The Bertz CT molecular complexity index is 1150. The van der Waals surface area contributed by atoms with Crippen molar-refractivity contribution in [2.24, 2.45) is 0 Å². The van der Waals surface area contributed by atoms with Gasteiger partial charge in [0, 0.05) is 24.1 Å². The highest BCUT2D eigenvalue weighted by atomic mass is 16.5. The first-order chi connectivity index (χ1) is 15.5. The lowest BCUT2D eigenvalue weighted by Crippen LogP contribution is -2.68. The van der Waals surface area contributed by atoms with Gasteiger partial charge in [0.2, 0.25) is 5.91 Å². The third kappa shape index (κ3) is 3.36. The van der Waals surface area contributed by atoms with Gasteiger partial charge in [-0.25, -0.2) is 0 Å². The molecule has 0 saturated carbocycles. The van der Waals surface area contributed by atoms with E-state index in [2.05, 4.69) is 84.7 Å². The second-order valence-corrected chi connectivity index (χ2v) is 9.03. The quantitative estimate of drug-likeness (QED) is 0.605. The van der Waals surface area contributed by atoms with Crippen molar-refractivity contribution >= 4 is 17.7 Å². The van der Waals surface area contributed by atoms with Crippen molar-refractivity contribution in [3.63, 3.8) is 0 Å². The number of nitrogens with zero attached hydrogens (tertiary/aromatic N) is 1. The molecule has 0 aromatic heterocycles. The zero-order valence-electron chi connectivity index (χ0n) is 18.5. The van der Waals surface area contributed by atoms with E-state index < -0.39 is 5.66 Å². The van der Waals surface area contributed by atoms with E-state index in [1.54, 1.807) is 0 Å². The number of ether oxygens (including phenoxy) is 1. The normalized spacial score (nSPS) is 21.2. The van der Waals surface area contributed by atoms with Crippen LogP contribution in [0.25, 0.3) is 6.08 Å². The maximum absolute atomic E-state index is 12.5. The van der Waals surface area contributed by atoms with Gasteiger partial charge in [-0.15, -0.1) is 0 Å². The molecule has 162 valence electrons. The molecule has 1 amide bonds. The van der Waals surface area contributed by atoms with E-state index in [1.807, 2.05) is 30.3 Å². The van der Waals surface area contributed by atoms with Gasteiger partial charge >= 0.3 is 0 Å². The monoisotopic (exact) mass is 424 g/mol. The molecule has 0 spiro atoms. The third-order valence-electron chi connectivity index (χ3n) is 6.78. The van der Waals surface area contributed by atoms with Crippen LogP contribution in [0.3, 0.4) is 0 Å². The molecule has 3 aromatic carbocycles. The van der Waals surface area contributed by atoms with Crippen LogP contribution in [0.2, 0.25) is 0 Å². The Kier molecular flexibility index (Phi) is 5.01.